The molecule has 1 fully saturated rings. The Morgan fingerprint density at radius 2 is 1.53 bits per heavy atom. The second-order valence-electron chi connectivity index (χ2n) is 8.06. The number of likely N-dealkylation sites (tertiary alicyclic amines) is 1. The number of nitrogens with one attached hydrogen (secondary N) is 1. The maximum absolute atomic E-state index is 12.9. The van der Waals surface area contributed by atoms with E-state index in [9.17, 15) is 14.4 Å². The minimum absolute atomic E-state index is 0.0000565. The summed E-state index contributed by atoms with van der Waals surface area (Å²) >= 11 is 0. The van der Waals surface area contributed by atoms with E-state index in [1.165, 1.54) is 6.26 Å². The summed E-state index contributed by atoms with van der Waals surface area (Å²) < 4.78 is 7.10. The molecule has 3 heterocycles. The highest BCUT2D eigenvalue weighted by Crippen LogP contribution is 2.19. The van der Waals surface area contributed by atoms with Gasteiger partial charge in [-0.1, -0.05) is 24.3 Å². The van der Waals surface area contributed by atoms with Gasteiger partial charge in [0.2, 0.25) is 5.91 Å². The molecule has 162 valence electrons. The zero-order valence-corrected chi connectivity index (χ0v) is 17.5. The number of pyridine rings is 1. The van der Waals surface area contributed by atoms with E-state index in [4.69, 9.17) is 4.42 Å². The van der Waals surface area contributed by atoms with E-state index in [1.807, 2.05) is 41.0 Å². The fourth-order valence-electron chi connectivity index (χ4n) is 4.45. The molecule has 2 aromatic heterocycles. The number of carbonyl (C=O) groups excluding carboxylic acids is 2. The van der Waals surface area contributed by atoms with E-state index >= 15 is 0 Å². The number of nitrogens with zero attached hydrogens (tertiary/aromatic N) is 2. The molecule has 4 aromatic rings. The van der Waals surface area contributed by atoms with Gasteiger partial charge in [-0.25, -0.2) is 0 Å². The molecular formula is C25H23N3O4. The van der Waals surface area contributed by atoms with Crippen LogP contribution >= 0.6 is 0 Å². The summed E-state index contributed by atoms with van der Waals surface area (Å²) in [5, 5.41) is 4.31. The smallest absolute Gasteiger partial charge is 0.289 e. The number of para-hydroxylation sites is 2. The van der Waals surface area contributed by atoms with Gasteiger partial charge in [0, 0.05) is 29.9 Å². The Hall–Kier alpha value is -3.87. The number of piperidine rings is 1. The van der Waals surface area contributed by atoms with Gasteiger partial charge in [0.05, 0.1) is 17.3 Å². The lowest BCUT2D eigenvalue weighted by atomic mass is 10.0. The Balaban J connectivity index is 1.31. The third-order valence-electron chi connectivity index (χ3n) is 6.06. The van der Waals surface area contributed by atoms with Gasteiger partial charge in [0.1, 0.15) is 6.54 Å². The fourth-order valence-corrected chi connectivity index (χ4v) is 4.45. The van der Waals surface area contributed by atoms with Gasteiger partial charge < -0.3 is 19.2 Å². The monoisotopic (exact) mass is 429 g/mol. The fraction of sp³-hybridized carbons (Fsp3) is 0.240. The molecule has 1 N–H and O–H groups in total. The summed E-state index contributed by atoms with van der Waals surface area (Å²) in [6.07, 6.45) is 2.86. The van der Waals surface area contributed by atoms with Crippen molar-refractivity contribution in [1.82, 2.24) is 14.8 Å². The van der Waals surface area contributed by atoms with Gasteiger partial charge in [-0.3, -0.25) is 14.4 Å². The van der Waals surface area contributed by atoms with E-state index in [0.29, 0.717) is 42.5 Å². The Morgan fingerprint density at radius 1 is 0.906 bits per heavy atom. The molecule has 0 atom stereocenters. The maximum atomic E-state index is 12.9. The van der Waals surface area contributed by atoms with Crippen molar-refractivity contribution in [3.05, 3.63) is 82.9 Å². The van der Waals surface area contributed by atoms with E-state index in [-0.39, 0.29) is 29.8 Å². The lowest BCUT2D eigenvalue weighted by Crippen LogP contribution is -2.47. The van der Waals surface area contributed by atoms with Crippen LogP contribution in [0, 0.1) is 0 Å². The predicted octanol–water partition coefficient (Wildman–Crippen LogP) is 3.17. The van der Waals surface area contributed by atoms with Crippen molar-refractivity contribution in [2.24, 2.45) is 0 Å². The van der Waals surface area contributed by atoms with Crippen molar-refractivity contribution < 1.29 is 14.0 Å². The van der Waals surface area contributed by atoms with Gasteiger partial charge in [-0.2, -0.15) is 0 Å². The molecule has 2 amide bonds. The summed E-state index contributed by atoms with van der Waals surface area (Å²) in [5.74, 6) is 0.107. The molecule has 0 spiro atoms. The number of aromatic nitrogens is 1. The summed E-state index contributed by atoms with van der Waals surface area (Å²) in [7, 11) is 0. The molecule has 0 bridgehead atoms. The molecule has 5 rings (SSSR count). The first-order chi connectivity index (χ1) is 15.6. The number of rotatable bonds is 4. The van der Waals surface area contributed by atoms with Crippen molar-refractivity contribution in [2.75, 3.05) is 13.1 Å². The zero-order valence-electron chi connectivity index (χ0n) is 17.5. The average Bonchev–Trinajstić information content (AvgIpc) is 3.37. The Morgan fingerprint density at radius 3 is 2.12 bits per heavy atom. The number of hydrogen-bond acceptors (Lipinski definition) is 4. The highest BCUT2D eigenvalue weighted by Gasteiger charge is 2.26. The third-order valence-corrected chi connectivity index (χ3v) is 6.06. The van der Waals surface area contributed by atoms with Crippen LogP contribution in [0.5, 0.6) is 0 Å². The molecule has 0 unspecified atom stereocenters. The molecular weight excluding hydrogens is 406 g/mol. The van der Waals surface area contributed by atoms with Crippen molar-refractivity contribution in [1.29, 1.82) is 0 Å². The first kappa shape index (κ1) is 20.1. The standard InChI is InChI=1S/C25H23N3O4/c29-23(26-17-11-13-27(14-12-17)25(31)22-10-5-15-32-22)16-28-20-8-3-1-6-18(20)24(30)19-7-2-4-9-21(19)28/h1-10,15,17H,11-14,16H2,(H,26,29). The molecule has 1 saturated heterocycles. The first-order valence-corrected chi connectivity index (χ1v) is 10.7. The largest absolute Gasteiger partial charge is 0.459 e. The van der Waals surface area contributed by atoms with E-state index < -0.39 is 0 Å². The molecule has 2 aromatic carbocycles. The summed E-state index contributed by atoms with van der Waals surface area (Å²) in [5.41, 5.74) is 1.46. The van der Waals surface area contributed by atoms with Gasteiger partial charge in [0.25, 0.3) is 5.91 Å². The van der Waals surface area contributed by atoms with Crippen LogP contribution in [-0.4, -0.2) is 40.4 Å². The molecule has 0 saturated carbocycles. The van der Waals surface area contributed by atoms with Crippen LogP contribution in [0.3, 0.4) is 0 Å². The van der Waals surface area contributed by atoms with Crippen LogP contribution in [0.25, 0.3) is 21.8 Å². The minimum atomic E-state index is -0.119. The molecule has 1 aliphatic rings. The summed E-state index contributed by atoms with van der Waals surface area (Å²) in [6, 6.07) is 18.1. The maximum Gasteiger partial charge on any atom is 0.289 e. The number of amides is 2. The molecule has 0 aliphatic carbocycles. The van der Waals surface area contributed by atoms with Crippen LogP contribution in [-0.2, 0) is 11.3 Å². The second kappa shape index (κ2) is 8.34. The number of benzene rings is 2. The quantitative estimate of drug-likeness (QED) is 0.505. The third kappa shape index (κ3) is 3.66. The average molecular weight is 429 g/mol. The normalized spacial score (nSPS) is 14.7. The van der Waals surface area contributed by atoms with Crippen molar-refractivity contribution >= 4 is 33.6 Å². The Labute approximate surface area is 184 Å². The van der Waals surface area contributed by atoms with Crippen LogP contribution in [0.4, 0.5) is 0 Å². The SMILES string of the molecule is O=C(Cn1c2ccccc2c(=O)c2ccccc21)NC1CCN(C(=O)c2ccco2)CC1. The highest BCUT2D eigenvalue weighted by atomic mass is 16.3. The van der Waals surface area contributed by atoms with Crippen LogP contribution in [0.1, 0.15) is 23.4 Å². The van der Waals surface area contributed by atoms with Crippen LogP contribution in [0.15, 0.2) is 76.1 Å². The van der Waals surface area contributed by atoms with Gasteiger partial charge in [-0.05, 0) is 49.2 Å². The van der Waals surface area contributed by atoms with E-state index in [1.54, 1.807) is 29.2 Å². The number of hydrogen-bond donors (Lipinski definition) is 1. The number of furan rings is 1. The molecule has 7 heteroatoms. The Bertz CT molecular complexity index is 1290. The topological polar surface area (TPSA) is 84.5 Å². The van der Waals surface area contributed by atoms with Gasteiger partial charge in [0.15, 0.2) is 11.2 Å². The lowest BCUT2D eigenvalue weighted by Gasteiger charge is -2.32. The van der Waals surface area contributed by atoms with Crippen LogP contribution in [0.2, 0.25) is 0 Å². The molecule has 0 radical (unpaired) electrons. The predicted molar refractivity (Wildman–Crippen MR) is 121 cm³/mol. The first-order valence-electron chi connectivity index (χ1n) is 10.7. The summed E-state index contributed by atoms with van der Waals surface area (Å²) in [6.45, 7) is 1.25. The van der Waals surface area contributed by atoms with E-state index in [0.717, 1.165) is 11.0 Å². The zero-order chi connectivity index (χ0) is 22.1. The Kier molecular flexibility index (Phi) is 5.23. The second-order valence-corrected chi connectivity index (χ2v) is 8.06. The molecule has 7 nitrogen and oxygen atoms in total. The highest BCUT2D eigenvalue weighted by molar-refractivity contribution is 5.95. The van der Waals surface area contributed by atoms with Crippen molar-refractivity contribution in [2.45, 2.75) is 25.4 Å². The van der Waals surface area contributed by atoms with Crippen LogP contribution < -0.4 is 10.7 Å². The molecule has 1 aliphatic heterocycles. The van der Waals surface area contributed by atoms with Gasteiger partial charge >= 0.3 is 0 Å². The van der Waals surface area contributed by atoms with Gasteiger partial charge in [-0.15, -0.1) is 0 Å². The lowest BCUT2D eigenvalue weighted by molar-refractivity contribution is -0.122. The minimum Gasteiger partial charge on any atom is -0.459 e. The number of fused-ring (bicyclic) bond motifs is 2. The van der Waals surface area contributed by atoms with E-state index in [2.05, 4.69) is 5.32 Å². The molecule has 32 heavy (non-hydrogen) atoms. The number of carbonyl (C=O) groups is 2. The van der Waals surface area contributed by atoms with Crippen molar-refractivity contribution in [3.63, 3.8) is 0 Å². The summed E-state index contributed by atoms with van der Waals surface area (Å²) in [4.78, 5) is 40.0. The van der Waals surface area contributed by atoms with Crippen molar-refractivity contribution in [3.8, 4) is 0 Å².